The molecule has 7 aromatic rings. The number of hydrogen-bond donors (Lipinski definition) is 0. The van der Waals surface area contributed by atoms with Crippen molar-refractivity contribution in [3.63, 3.8) is 0 Å². The van der Waals surface area contributed by atoms with Crippen LogP contribution in [0.15, 0.2) is 133 Å². The molecule has 0 fully saturated rings. The molecule has 1 aliphatic carbocycles. The molecule has 6 heteroatoms. The third-order valence-electron chi connectivity index (χ3n) is 9.42. The Morgan fingerprint density at radius 3 is 1.98 bits per heavy atom. The molecule has 2 aliphatic rings. The van der Waals surface area contributed by atoms with Crippen molar-refractivity contribution in [1.29, 1.82) is 5.26 Å². The van der Waals surface area contributed by atoms with Gasteiger partial charge in [-0.05, 0) is 64.2 Å². The van der Waals surface area contributed by atoms with E-state index >= 15 is 0 Å². The maximum atomic E-state index is 9.47. The molecule has 232 valence electrons. The molecule has 6 aromatic carbocycles. The number of nitrogens with zero attached hydrogens (tertiary/aromatic N) is 4. The number of fused-ring (bicyclic) bond motifs is 6. The van der Waals surface area contributed by atoms with E-state index in [1.807, 2.05) is 97.1 Å². The lowest BCUT2D eigenvalue weighted by molar-refractivity contribution is 0.361. The Hall–Kier alpha value is -6.58. The van der Waals surface area contributed by atoms with Crippen molar-refractivity contribution in [2.45, 2.75) is 19.3 Å². The van der Waals surface area contributed by atoms with Gasteiger partial charge in [-0.2, -0.15) is 5.26 Å². The molecule has 0 atom stereocenters. The Kier molecular flexibility index (Phi) is 6.43. The van der Waals surface area contributed by atoms with Crippen molar-refractivity contribution < 1.29 is 9.47 Å². The Balaban J connectivity index is 1.20. The molecule has 0 amide bonds. The maximum absolute atomic E-state index is 9.47. The van der Waals surface area contributed by atoms with Crippen LogP contribution in [0.1, 0.15) is 30.5 Å². The zero-order valence-corrected chi connectivity index (χ0v) is 26.8. The van der Waals surface area contributed by atoms with Crippen molar-refractivity contribution in [2.75, 3.05) is 0 Å². The van der Waals surface area contributed by atoms with E-state index in [0.717, 1.165) is 33.4 Å². The van der Waals surface area contributed by atoms with E-state index < -0.39 is 0 Å². The molecule has 0 saturated heterocycles. The van der Waals surface area contributed by atoms with Gasteiger partial charge in [0.25, 0.3) is 0 Å². The number of benzene rings is 6. The molecular weight excluding hydrogens is 604 g/mol. The summed E-state index contributed by atoms with van der Waals surface area (Å²) < 4.78 is 13.4. The number of rotatable bonds is 4. The lowest BCUT2D eigenvalue weighted by Gasteiger charge is -2.26. The predicted octanol–water partition coefficient (Wildman–Crippen LogP) is 10.6. The summed E-state index contributed by atoms with van der Waals surface area (Å²) in [5.74, 6) is 4.06. The van der Waals surface area contributed by atoms with Crippen LogP contribution in [0, 0.1) is 11.3 Å². The van der Waals surface area contributed by atoms with Crippen LogP contribution in [0.4, 0.5) is 0 Å². The van der Waals surface area contributed by atoms with Gasteiger partial charge in [-0.3, -0.25) is 0 Å². The number of ether oxygens (including phenoxy) is 2. The second kappa shape index (κ2) is 11.0. The predicted molar refractivity (Wildman–Crippen MR) is 190 cm³/mol. The fourth-order valence-corrected chi connectivity index (χ4v) is 6.97. The highest BCUT2D eigenvalue weighted by molar-refractivity contribution is 5.89. The standard InChI is InChI=1S/C43H28N4O2/c1-43(2)33-19-7-6-17-31(33)37-34(43)21-22-36-39(37)49-38-32(18-10-20-35(38)48-36)42-46-40(27-12-4-3-5-13-27)45-41(47-42)30-16-9-15-29(24-30)28-14-8-11-26(23-28)25-44/h3-24H,1-2H3. The van der Waals surface area contributed by atoms with E-state index in [2.05, 4.69) is 50.2 Å². The van der Waals surface area contributed by atoms with Gasteiger partial charge >= 0.3 is 0 Å². The largest absolute Gasteiger partial charge is 0.449 e. The van der Waals surface area contributed by atoms with Crippen molar-refractivity contribution in [1.82, 2.24) is 15.0 Å². The van der Waals surface area contributed by atoms with E-state index in [-0.39, 0.29) is 5.41 Å². The van der Waals surface area contributed by atoms with Gasteiger partial charge in [0.05, 0.1) is 17.2 Å². The van der Waals surface area contributed by atoms with E-state index in [0.29, 0.717) is 51.6 Å². The fourth-order valence-electron chi connectivity index (χ4n) is 6.97. The smallest absolute Gasteiger partial charge is 0.181 e. The Morgan fingerprint density at radius 1 is 0.510 bits per heavy atom. The zero-order chi connectivity index (χ0) is 33.1. The van der Waals surface area contributed by atoms with Crippen molar-refractivity contribution in [3.05, 3.63) is 150 Å². The van der Waals surface area contributed by atoms with Crippen LogP contribution in [0.2, 0.25) is 0 Å². The second-order valence-corrected chi connectivity index (χ2v) is 12.8. The van der Waals surface area contributed by atoms with Gasteiger partial charge in [-0.1, -0.05) is 111 Å². The minimum atomic E-state index is -0.178. The van der Waals surface area contributed by atoms with Crippen LogP contribution < -0.4 is 9.47 Å². The Labute approximate surface area is 284 Å². The highest BCUT2D eigenvalue weighted by Crippen LogP contribution is 2.59. The summed E-state index contributed by atoms with van der Waals surface area (Å²) in [6, 6.07) is 46.2. The normalized spacial score (nSPS) is 13.2. The minimum Gasteiger partial charge on any atom is -0.449 e. The first-order valence-corrected chi connectivity index (χ1v) is 16.2. The molecule has 9 rings (SSSR count). The summed E-state index contributed by atoms with van der Waals surface area (Å²) in [7, 11) is 0. The van der Waals surface area contributed by atoms with Gasteiger partial charge in [0.15, 0.2) is 40.5 Å². The molecule has 0 radical (unpaired) electrons. The van der Waals surface area contributed by atoms with Crippen molar-refractivity contribution >= 4 is 0 Å². The van der Waals surface area contributed by atoms with E-state index in [1.54, 1.807) is 6.07 Å². The Morgan fingerprint density at radius 2 is 1.14 bits per heavy atom. The first kappa shape index (κ1) is 28.6. The molecule has 1 aliphatic heterocycles. The monoisotopic (exact) mass is 632 g/mol. The molecule has 2 heterocycles. The van der Waals surface area contributed by atoms with Gasteiger partial charge in [-0.25, -0.2) is 15.0 Å². The van der Waals surface area contributed by atoms with E-state index in [4.69, 9.17) is 24.4 Å². The molecule has 0 N–H and O–H groups in total. The van der Waals surface area contributed by atoms with Gasteiger partial charge < -0.3 is 9.47 Å². The molecule has 6 nitrogen and oxygen atoms in total. The quantitative estimate of drug-likeness (QED) is 0.192. The number of para-hydroxylation sites is 1. The van der Waals surface area contributed by atoms with Crippen molar-refractivity contribution in [2.24, 2.45) is 0 Å². The van der Waals surface area contributed by atoms with Crippen LogP contribution in [0.25, 0.3) is 56.4 Å². The van der Waals surface area contributed by atoms with Gasteiger partial charge in [0, 0.05) is 22.1 Å². The third-order valence-corrected chi connectivity index (χ3v) is 9.42. The molecule has 0 bridgehead atoms. The van der Waals surface area contributed by atoms with Gasteiger partial charge in [0.2, 0.25) is 0 Å². The lowest BCUT2D eigenvalue weighted by Crippen LogP contribution is -2.15. The van der Waals surface area contributed by atoms with E-state index in [9.17, 15) is 5.26 Å². The lowest BCUT2D eigenvalue weighted by atomic mass is 9.82. The summed E-state index contributed by atoms with van der Waals surface area (Å²) in [6.07, 6.45) is 0. The summed E-state index contributed by atoms with van der Waals surface area (Å²) in [5, 5.41) is 9.47. The zero-order valence-electron chi connectivity index (χ0n) is 26.8. The molecular formula is C43H28N4O2. The van der Waals surface area contributed by atoms with Gasteiger partial charge in [0.1, 0.15) is 0 Å². The number of aromatic nitrogens is 3. The second-order valence-electron chi connectivity index (χ2n) is 12.8. The van der Waals surface area contributed by atoms with Crippen molar-refractivity contribution in [3.8, 4) is 85.5 Å². The van der Waals surface area contributed by atoms with Crippen LogP contribution in [0.3, 0.4) is 0 Å². The SMILES string of the molecule is CC1(C)c2ccccc2-c2c1ccc1c2Oc2c(cccc2-c2nc(-c3ccccc3)nc(-c3cccc(-c4cccc(C#N)c4)c3)n2)O1. The maximum Gasteiger partial charge on any atom is 0.181 e. The third kappa shape index (κ3) is 4.67. The molecule has 0 saturated carbocycles. The summed E-state index contributed by atoms with van der Waals surface area (Å²) in [4.78, 5) is 15.0. The van der Waals surface area contributed by atoms with Crippen LogP contribution >= 0.6 is 0 Å². The van der Waals surface area contributed by atoms with Crippen LogP contribution in [-0.2, 0) is 5.41 Å². The molecule has 1 aromatic heterocycles. The summed E-state index contributed by atoms with van der Waals surface area (Å²) in [6.45, 7) is 4.50. The summed E-state index contributed by atoms with van der Waals surface area (Å²) >= 11 is 0. The first-order chi connectivity index (χ1) is 24.0. The average Bonchev–Trinajstić information content (AvgIpc) is 3.40. The minimum absolute atomic E-state index is 0.178. The fraction of sp³-hybridized carbons (Fsp3) is 0.0698. The highest BCUT2D eigenvalue weighted by Gasteiger charge is 2.40. The molecule has 0 unspecified atom stereocenters. The van der Waals surface area contributed by atoms with E-state index in [1.165, 1.54) is 11.1 Å². The topological polar surface area (TPSA) is 80.9 Å². The van der Waals surface area contributed by atoms with Gasteiger partial charge in [-0.15, -0.1) is 0 Å². The first-order valence-electron chi connectivity index (χ1n) is 16.2. The number of nitriles is 1. The molecule has 0 spiro atoms. The average molecular weight is 633 g/mol. The van der Waals surface area contributed by atoms with Crippen LogP contribution in [0.5, 0.6) is 23.0 Å². The molecule has 49 heavy (non-hydrogen) atoms. The number of hydrogen-bond acceptors (Lipinski definition) is 6. The summed E-state index contributed by atoms with van der Waals surface area (Å²) in [5.41, 5.74) is 9.38. The van der Waals surface area contributed by atoms with Crippen LogP contribution in [-0.4, -0.2) is 15.0 Å². The Bertz CT molecular complexity index is 2500. The highest BCUT2D eigenvalue weighted by atomic mass is 16.6.